The Kier molecular flexibility index (Phi) is 4.15. The molecule has 1 aromatic rings. The van der Waals surface area contributed by atoms with Crippen LogP contribution in [0.3, 0.4) is 0 Å². The zero-order valence-electron chi connectivity index (χ0n) is 13.6. The lowest BCUT2D eigenvalue weighted by atomic mass is 10.0. The molecule has 0 spiro atoms. The second kappa shape index (κ2) is 6.10. The van der Waals surface area contributed by atoms with E-state index in [0.29, 0.717) is 18.8 Å². The van der Waals surface area contributed by atoms with E-state index in [4.69, 9.17) is 9.47 Å². The zero-order chi connectivity index (χ0) is 16.4. The molecule has 23 heavy (non-hydrogen) atoms. The predicted octanol–water partition coefficient (Wildman–Crippen LogP) is 1.13. The number of carbonyl (C=O) groups excluding carboxylic acids is 2. The number of rotatable bonds is 4. The molecule has 0 atom stereocenters. The van der Waals surface area contributed by atoms with Crippen LogP contribution in [0.1, 0.15) is 25.8 Å². The third kappa shape index (κ3) is 3.57. The number of hydrogen-bond donors (Lipinski definition) is 1. The van der Waals surface area contributed by atoms with Crippen LogP contribution in [0.4, 0.5) is 0 Å². The van der Waals surface area contributed by atoms with Gasteiger partial charge in [-0.25, -0.2) is 0 Å². The summed E-state index contributed by atoms with van der Waals surface area (Å²) in [6.07, 6.45) is 1.10. The summed E-state index contributed by atoms with van der Waals surface area (Å²) in [5, 5.41) is 2.70. The first-order chi connectivity index (χ1) is 10.9. The molecule has 2 aliphatic heterocycles. The van der Waals surface area contributed by atoms with Crippen molar-refractivity contribution in [3.63, 3.8) is 0 Å². The zero-order valence-corrected chi connectivity index (χ0v) is 13.6. The fourth-order valence-corrected chi connectivity index (χ4v) is 2.96. The molecule has 0 unspecified atom stereocenters. The topological polar surface area (TPSA) is 67.9 Å². The molecule has 2 amide bonds. The van der Waals surface area contributed by atoms with E-state index in [-0.39, 0.29) is 37.0 Å². The van der Waals surface area contributed by atoms with Crippen molar-refractivity contribution in [2.24, 2.45) is 0 Å². The highest BCUT2D eigenvalue weighted by Crippen LogP contribution is 2.41. The van der Waals surface area contributed by atoms with Crippen molar-refractivity contribution in [1.29, 1.82) is 0 Å². The van der Waals surface area contributed by atoms with E-state index >= 15 is 0 Å². The Morgan fingerprint density at radius 2 is 2.26 bits per heavy atom. The monoisotopic (exact) mass is 318 g/mol. The van der Waals surface area contributed by atoms with Crippen LogP contribution in [-0.4, -0.2) is 48.6 Å². The van der Waals surface area contributed by atoms with Gasteiger partial charge in [-0.05, 0) is 19.9 Å². The molecule has 0 saturated carbocycles. The number of nitrogens with zero attached hydrogens (tertiary/aromatic N) is 1. The molecular weight excluding hydrogens is 296 g/mol. The van der Waals surface area contributed by atoms with Gasteiger partial charge in [0.25, 0.3) is 0 Å². The number of piperazine rings is 1. The first-order valence-electron chi connectivity index (χ1n) is 7.93. The number of fused-ring (bicyclic) bond motifs is 1. The number of nitrogens with one attached hydrogen (secondary N) is 1. The molecule has 124 valence electrons. The third-order valence-electron chi connectivity index (χ3n) is 4.02. The first kappa shape index (κ1) is 15.6. The maximum atomic E-state index is 12.1. The SMILES string of the molecule is CC1(C)Cc2cccc(OCCC(=O)N3CCNC(=O)C3)c2O1. The normalized spacial score (nSPS) is 18.9. The number of ether oxygens (including phenoxy) is 2. The van der Waals surface area contributed by atoms with Gasteiger partial charge in [0.05, 0.1) is 19.6 Å². The predicted molar refractivity (Wildman–Crippen MR) is 84.6 cm³/mol. The van der Waals surface area contributed by atoms with Gasteiger partial charge < -0.3 is 19.7 Å². The van der Waals surface area contributed by atoms with Crippen LogP contribution in [0.15, 0.2) is 18.2 Å². The van der Waals surface area contributed by atoms with Crippen LogP contribution < -0.4 is 14.8 Å². The Morgan fingerprint density at radius 3 is 3.04 bits per heavy atom. The molecule has 2 aliphatic rings. The quantitative estimate of drug-likeness (QED) is 0.903. The maximum absolute atomic E-state index is 12.1. The van der Waals surface area contributed by atoms with Crippen molar-refractivity contribution in [3.8, 4) is 11.5 Å². The molecule has 1 saturated heterocycles. The lowest BCUT2D eigenvalue weighted by Gasteiger charge is -2.26. The van der Waals surface area contributed by atoms with Crippen molar-refractivity contribution in [1.82, 2.24) is 10.2 Å². The van der Waals surface area contributed by atoms with E-state index in [9.17, 15) is 9.59 Å². The molecule has 1 aromatic carbocycles. The summed E-state index contributed by atoms with van der Waals surface area (Å²) in [5.74, 6) is 1.29. The number of amides is 2. The Balaban J connectivity index is 1.55. The van der Waals surface area contributed by atoms with Crippen LogP contribution >= 0.6 is 0 Å². The summed E-state index contributed by atoms with van der Waals surface area (Å²) in [5.41, 5.74) is 0.908. The van der Waals surface area contributed by atoms with E-state index in [2.05, 4.69) is 5.32 Å². The van der Waals surface area contributed by atoms with E-state index in [1.165, 1.54) is 0 Å². The summed E-state index contributed by atoms with van der Waals surface area (Å²) in [6, 6.07) is 5.84. The van der Waals surface area contributed by atoms with E-state index < -0.39 is 0 Å². The Hall–Kier alpha value is -2.24. The summed E-state index contributed by atoms with van der Waals surface area (Å²) < 4.78 is 11.7. The van der Waals surface area contributed by atoms with Crippen molar-refractivity contribution in [2.75, 3.05) is 26.2 Å². The number of hydrogen-bond acceptors (Lipinski definition) is 4. The van der Waals surface area contributed by atoms with Gasteiger partial charge in [-0.2, -0.15) is 0 Å². The van der Waals surface area contributed by atoms with Crippen molar-refractivity contribution >= 4 is 11.8 Å². The van der Waals surface area contributed by atoms with E-state index in [1.54, 1.807) is 4.90 Å². The number of carbonyl (C=O) groups is 2. The summed E-state index contributed by atoms with van der Waals surface area (Å²) >= 11 is 0. The van der Waals surface area contributed by atoms with E-state index in [1.807, 2.05) is 32.0 Å². The van der Waals surface area contributed by atoms with Crippen molar-refractivity contribution in [3.05, 3.63) is 23.8 Å². The van der Waals surface area contributed by atoms with Gasteiger partial charge in [0.1, 0.15) is 5.60 Å². The molecule has 0 bridgehead atoms. The fraction of sp³-hybridized carbons (Fsp3) is 0.529. The molecule has 3 rings (SSSR count). The lowest BCUT2D eigenvalue weighted by Crippen LogP contribution is -2.50. The molecule has 6 heteroatoms. The van der Waals surface area contributed by atoms with Gasteiger partial charge in [-0.1, -0.05) is 12.1 Å². The van der Waals surface area contributed by atoms with Crippen LogP contribution in [-0.2, 0) is 16.0 Å². The average Bonchev–Trinajstić information content (AvgIpc) is 2.82. The molecule has 0 radical (unpaired) electrons. The summed E-state index contributed by atoms with van der Waals surface area (Å²) in [4.78, 5) is 25.0. The van der Waals surface area contributed by atoms with E-state index in [0.717, 1.165) is 17.7 Å². The minimum Gasteiger partial charge on any atom is -0.489 e. The molecule has 6 nitrogen and oxygen atoms in total. The summed E-state index contributed by atoms with van der Waals surface area (Å²) in [7, 11) is 0. The van der Waals surface area contributed by atoms with Crippen LogP contribution in [0.2, 0.25) is 0 Å². The van der Waals surface area contributed by atoms with Crippen LogP contribution in [0.5, 0.6) is 11.5 Å². The Bertz CT molecular complexity index is 627. The fourth-order valence-electron chi connectivity index (χ4n) is 2.96. The molecule has 0 aromatic heterocycles. The second-order valence-electron chi connectivity index (χ2n) is 6.55. The molecule has 0 aliphatic carbocycles. The molecule has 1 fully saturated rings. The van der Waals surface area contributed by atoms with Crippen LogP contribution in [0.25, 0.3) is 0 Å². The van der Waals surface area contributed by atoms with Gasteiger partial charge in [0.15, 0.2) is 11.5 Å². The Labute approximate surface area is 135 Å². The summed E-state index contributed by atoms with van der Waals surface area (Å²) in [6.45, 7) is 5.57. The largest absolute Gasteiger partial charge is 0.489 e. The molecular formula is C17H22N2O4. The highest BCUT2D eigenvalue weighted by atomic mass is 16.5. The molecule has 2 heterocycles. The minimum absolute atomic E-state index is 0.0614. The van der Waals surface area contributed by atoms with Gasteiger partial charge in [0.2, 0.25) is 11.8 Å². The van der Waals surface area contributed by atoms with Gasteiger partial charge in [0, 0.05) is 25.1 Å². The van der Waals surface area contributed by atoms with Crippen molar-refractivity contribution in [2.45, 2.75) is 32.3 Å². The van der Waals surface area contributed by atoms with Gasteiger partial charge in [-0.3, -0.25) is 9.59 Å². The van der Waals surface area contributed by atoms with Gasteiger partial charge >= 0.3 is 0 Å². The first-order valence-corrected chi connectivity index (χ1v) is 7.93. The number of para-hydroxylation sites is 1. The lowest BCUT2D eigenvalue weighted by molar-refractivity contribution is -0.138. The standard InChI is InChI=1S/C17H22N2O4/c1-17(2)10-12-4-3-5-13(16(12)23-17)22-9-6-15(21)19-8-7-18-14(20)11-19/h3-5H,6-11H2,1-2H3,(H,18,20). The van der Waals surface area contributed by atoms with Gasteiger partial charge in [-0.15, -0.1) is 0 Å². The van der Waals surface area contributed by atoms with Crippen molar-refractivity contribution < 1.29 is 19.1 Å². The molecule has 1 N–H and O–H groups in total. The second-order valence-corrected chi connectivity index (χ2v) is 6.55. The smallest absolute Gasteiger partial charge is 0.239 e. The van der Waals surface area contributed by atoms with Crippen LogP contribution in [0, 0.1) is 0 Å². The average molecular weight is 318 g/mol. The highest BCUT2D eigenvalue weighted by Gasteiger charge is 2.32. The number of benzene rings is 1. The highest BCUT2D eigenvalue weighted by molar-refractivity contribution is 5.85. The maximum Gasteiger partial charge on any atom is 0.239 e. The minimum atomic E-state index is -0.223. The third-order valence-corrected chi connectivity index (χ3v) is 4.02. The Morgan fingerprint density at radius 1 is 1.43 bits per heavy atom.